The Bertz CT molecular complexity index is 1610. The van der Waals surface area contributed by atoms with Gasteiger partial charge in [-0.1, -0.05) is 78.9 Å². The number of rotatable bonds is 4. The first-order valence-corrected chi connectivity index (χ1v) is 11.8. The van der Waals surface area contributed by atoms with Gasteiger partial charge < -0.3 is 11.1 Å². The molecule has 7 heteroatoms. The summed E-state index contributed by atoms with van der Waals surface area (Å²) < 4.78 is 0. The minimum atomic E-state index is -0.368. The molecule has 4 aromatic carbocycles. The lowest BCUT2D eigenvalue weighted by Crippen LogP contribution is -2.41. The maximum Gasteiger partial charge on any atom is 0.276 e. The van der Waals surface area contributed by atoms with E-state index >= 15 is 0 Å². The number of hydrogen-bond acceptors (Lipinski definition) is 6. The van der Waals surface area contributed by atoms with E-state index in [9.17, 15) is 4.79 Å². The monoisotopic (exact) mass is 482 g/mol. The number of fused-ring (bicyclic) bond motifs is 2. The number of benzene rings is 4. The highest BCUT2D eigenvalue weighted by molar-refractivity contribution is 6.63. The van der Waals surface area contributed by atoms with Crippen LogP contribution in [0.15, 0.2) is 136 Å². The van der Waals surface area contributed by atoms with E-state index in [0.29, 0.717) is 34.0 Å². The fourth-order valence-corrected chi connectivity index (χ4v) is 4.34. The SMILES string of the molecule is NC1=Nc2ccccc2N=C2C1=C(c1ccccc1)C(C(=O)Nc1ccccc1)=NN2c1ccccc1. The Morgan fingerprint density at radius 2 is 1.24 bits per heavy atom. The van der Waals surface area contributed by atoms with Gasteiger partial charge in [-0.2, -0.15) is 5.10 Å². The number of nitrogens with two attached hydrogens (primary N) is 1. The first-order valence-electron chi connectivity index (χ1n) is 11.8. The van der Waals surface area contributed by atoms with Crippen LogP contribution < -0.4 is 16.1 Å². The van der Waals surface area contributed by atoms with Crippen LogP contribution in [0.5, 0.6) is 0 Å². The predicted molar refractivity (Wildman–Crippen MR) is 150 cm³/mol. The quantitative estimate of drug-likeness (QED) is 0.391. The Morgan fingerprint density at radius 3 is 1.92 bits per heavy atom. The summed E-state index contributed by atoms with van der Waals surface area (Å²) in [6, 6.07) is 36.0. The van der Waals surface area contributed by atoms with Crippen LogP contribution in [0.2, 0.25) is 0 Å². The van der Waals surface area contributed by atoms with Gasteiger partial charge >= 0.3 is 0 Å². The van der Waals surface area contributed by atoms with Crippen LogP contribution in [-0.4, -0.2) is 23.3 Å². The molecule has 2 heterocycles. The maximum atomic E-state index is 13.8. The summed E-state index contributed by atoms with van der Waals surface area (Å²) >= 11 is 0. The van der Waals surface area contributed by atoms with Gasteiger partial charge in [0.05, 0.1) is 22.6 Å². The average Bonchev–Trinajstić information content (AvgIpc) is 3.09. The largest absolute Gasteiger partial charge is 0.383 e. The number of amides is 1. The number of nitrogens with one attached hydrogen (secondary N) is 1. The first kappa shape index (κ1) is 22.2. The van der Waals surface area contributed by atoms with Crippen molar-refractivity contribution in [3.05, 3.63) is 126 Å². The molecule has 4 aromatic rings. The fraction of sp³-hybridized carbons (Fsp3) is 0. The number of aliphatic imine (C=N–C) groups is 2. The standard InChI is InChI=1S/C30H22N6O/c31-28-26-25(20-12-4-1-5-13-20)27(30(37)32-21-14-6-2-7-15-21)35-36(22-16-8-3-9-17-22)29(26)34-24-19-11-10-18-23(24)33-28/h1-19H,(H2,31,33)(H,32,37). The smallest absolute Gasteiger partial charge is 0.276 e. The summed E-state index contributed by atoms with van der Waals surface area (Å²) in [7, 11) is 0. The zero-order valence-corrected chi connectivity index (χ0v) is 19.7. The van der Waals surface area contributed by atoms with Gasteiger partial charge in [-0.15, -0.1) is 0 Å². The first-order chi connectivity index (χ1) is 18.2. The van der Waals surface area contributed by atoms with Crippen molar-refractivity contribution >= 4 is 51.6 Å². The van der Waals surface area contributed by atoms with E-state index in [2.05, 4.69) is 5.32 Å². The lowest BCUT2D eigenvalue weighted by atomic mass is 9.92. The summed E-state index contributed by atoms with van der Waals surface area (Å²) in [6.45, 7) is 0. The number of carbonyl (C=O) groups excluding carboxylic acids is 1. The second-order valence-corrected chi connectivity index (χ2v) is 8.45. The predicted octanol–water partition coefficient (Wildman–Crippen LogP) is 5.69. The molecule has 7 nitrogen and oxygen atoms in total. The summed E-state index contributed by atoms with van der Waals surface area (Å²) in [5.41, 5.74) is 11.5. The van der Waals surface area contributed by atoms with Gasteiger partial charge in [0.2, 0.25) is 0 Å². The number of nitrogens with zero attached hydrogens (tertiary/aromatic N) is 4. The molecule has 0 unspecified atom stereocenters. The molecule has 0 atom stereocenters. The molecule has 2 aliphatic heterocycles. The van der Waals surface area contributed by atoms with Gasteiger partial charge in [0.25, 0.3) is 5.91 Å². The van der Waals surface area contributed by atoms with Gasteiger partial charge in [-0.05, 0) is 42.0 Å². The van der Waals surface area contributed by atoms with Crippen LogP contribution in [0, 0.1) is 0 Å². The number of carbonyl (C=O) groups is 1. The Morgan fingerprint density at radius 1 is 0.676 bits per heavy atom. The molecule has 3 N–H and O–H groups in total. The van der Waals surface area contributed by atoms with E-state index in [0.717, 1.165) is 11.3 Å². The third-order valence-corrected chi connectivity index (χ3v) is 6.03. The van der Waals surface area contributed by atoms with Gasteiger partial charge in [0.1, 0.15) is 5.84 Å². The zero-order valence-electron chi connectivity index (χ0n) is 19.7. The third kappa shape index (κ3) is 4.19. The number of anilines is 2. The van der Waals surface area contributed by atoms with Gasteiger partial charge in [-0.25, -0.2) is 15.0 Å². The normalized spacial score (nSPS) is 14.5. The molecule has 0 saturated heterocycles. The van der Waals surface area contributed by atoms with E-state index in [-0.39, 0.29) is 17.5 Å². The van der Waals surface area contributed by atoms with Gasteiger partial charge in [0, 0.05) is 11.3 Å². The third-order valence-electron chi connectivity index (χ3n) is 6.03. The molecule has 0 aliphatic carbocycles. The molecule has 37 heavy (non-hydrogen) atoms. The van der Waals surface area contributed by atoms with Crippen LogP contribution in [-0.2, 0) is 4.79 Å². The lowest BCUT2D eigenvalue weighted by Gasteiger charge is -2.30. The molecule has 178 valence electrons. The van der Waals surface area contributed by atoms with E-state index in [1.165, 1.54) is 0 Å². The molecule has 0 saturated carbocycles. The van der Waals surface area contributed by atoms with Crippen molar-refractivity contribution in [1.82, 2.24) is 0 Å². The van der Waals surface area contributed by atoms with E-state index in [4.69, 9.17) is 20.8 Å². The molecular weight excluding hydrogens is 460 g/mol. The van der Waals surface area contributed by atoms with Crippen molar-refractivity contribution in [1.29, 1.82) is 0 Å². The molecule has 0 radical (unpaired) electrons. The minimum absolute atomic E-state index is 0.206. The number of amidine groups is 2. The van der Waals surface area contributed by atoms with Crippen molar-refractivity contribution in [2.75, 3.05) is 10.3 Å². The van der Waals surface area contributed by atoms with Crippen LogP contribution in [0.1, 0.15) is 5.56 Å². The maximum absolute atomic E-state index is 13.8. The van der Waals surface area contributed by atoms with Gasteiger partial charge in [0.15, 0.2) is 11.5 Å². The summed E-state index contributed by atoms with van der Waals surface area (Å²) in [6.07, 6.45) is 0. The Kier molecular flexibility index (Phi) is 5.63. The molecule has 0 aromatic heterocycles. The van der Waals surface area contributed by atoms with Crippen molar-refractivity contribution in [2.24, 2.45) is 20.8 Å². The van der Waals surface area contributed by atoms with E-state index < -0.39 is 0 Å². The topological polar surface area (TPSA) is 95.4 Å². The molecule has 6 rings (SSSR count). The molecule has 0 bridgehead atoms. The van der Waals surface area contributed by atoms with Crippen molar-refractivity contribution < 1.29 is 4.79 Å². The number of hydrogen-bond donors (Lipinski definition) is 2. The molecular formula is C30H22N6O. The average molecular weight is 483 g/mol. The van der Waals surface area contributed by atoms with Crippen LogP contribution >= 0.6 is 0 Å². The highest BCUT2D eigenvalue weighted by Crippen LogP contribution is 2.37. The second-order valence-electron chi connectivity index (χ2n) is 8.45. The molecule has 2 aliphatic rings. The highest BCUT2D eigenvalue weighted by Gasteiger charge is 2.36. The zero-order chi connectivity index (χ0) is 25.2. The number of hydrazone groups is 1. The van der Waals surface area contributed by atoms with Crippen LogP contribution in [0.25, 0.3) is 5.57 Å². The van der Waals surface area contributed by atoms with E-state index in [1.807, 2.05) is 115 Å². The Labute approximate surface area is 214 Å². The molecule has 1 amide bonds. The Balaban J connectivity index is 1.63. The summed E-state index contributed by atoms with van der Waals surface area (Å²) in [5, 5.41) is 9.51. The molecule has 0 spiro atoms. The number of para-hydroxylation sites is 4. The highest BCUT2D eigenvalue weighted by atomic mass is 16.2. The van der Waals surface area contributed by atoms with Crippen LogP contribution in [0.4, 0.5) is 22.7 Å². The van der Waals surface area contributed by atoms with Crippen molar-refractivity contribution in [3.8, 4) is 0 Å². The van der Waals surface area contributed by atoms with E-state index in [1.54, 1.807) is 5.01 Å². The van der Waals surface area contributed by atoms with Gasteiger partial charge in [-0.3, -0.25) is 4.79 Å². The van der Waals surface area contributed by atoms with Crippen LogP contribution in [0.3, 0.4) is 0 Å². The minimum Gasteiger partial charge on any atom is -0.383 e. The summed E-state index contributed by atoms with van der Waals surface area (Å²) in [5.74, 6) is 0.378. The second kappa shape index (κ2) is 9.39. The van der Waals surface area contributed by atoms with Crippen molar-refractivity contribution in [3.63, 3.8) is 0 Å². The lowest BCUT2D eigenvalue weighted by molar-refractivity contribution is -0.110. The Hall–Kier alpha value is -5.30. The summed E-state index contributed by atoms with van der Waals surface area (Å²) in [4.78, 5) is 23.5. The van der Waals surface area contributed by atoms with Crippen molar-refractivity contribution in [2.45, 2.75) is 0 Å². The molecule has 0 fully saturated rings. The fourth-order valence-electron chi connectivity index (χ4n) is 4.34.